The number of carbonyl (C=O) groups excluding carboxylic acids is 1. The minimum Gasteiger partial charge on any atom is -0.322 e. The number of nitriles is 1. The number of nitrogens with zero attached hydrogens (tertiary/aromatic N) is 2. The summed E-state index contributed by atoms with van der Waals surface area (Å²) in [5, 5.41) is 11.8. The van der Waals surface area contributed by atoms with Gasteiger partial charge < -0.3 is 5.32 Å². The standard InChI is InChI=1S/C20H23N3O/c1-3-23(14-16(2)13-21)15-17-9-11-18(12-10-17)20(24)22-19-7-5-4-6-8-19/h4-12,16H,3,14-15H2,1-2H3,(H,22,24). The average molecular weight is 321 g/mol. The van der Waals surface area contributed by atoms with Gasteiger partial charge in [-0.15, -0.1) is 0 Å². The maximum Gasteiger partial charge on any atom is 0.255 e. The highest BCUT2D eigenvalue weighted by molar-refractivity contribution is 6.04. The number of para-hydroxylation sites is 1. The van der Waals surface area contributed by atoms with E-state index in [1.807, 2.05) is 61.5 Å². The second-order valence-corrected chi connectivity index (χ2v) is 5.87. The molecule has 1 N–H and O–H groups in total. The fourth-order valence-corrected chi connectivity index (χ4v) is 2.48. The van der Waals surface area contributed by atoms with Crippen LogP contribution < -0.4 is 5.32 Å². The lowest BCUT2D eigenvalue weighted by molar-refractivity contribution is 0.102. The first kappa shape index (κ1) is 17.7. The summed E-state index contributed by atoms with van der Waals surface area (Å²) >= 11 is 0. The van der Waals surface area contributed by atoms with Gasteiger partial charge in [0, 0.05) is 24.3 Å². The van der Waals surface area contributed by atoms with Gasteiger partial charge in [0.1, 0.15) is 0 Å². The molecule has 0 fully saturated rings. The summed E-state index contributed by atoms with van der Waals surface area (Å²) in [6, 6.07) is 19.3. The molecule has 1 atom stereocenters. The Bertz CT molecular complexity index is 689. The molecule has 24 heavy (non-hydrogen) atoms. The maximum atomic E-state index is 12.2. The van der Waals surface area contributed by atoms with Crippen molar-refractivity contribution >= 4 is 11.6 Å². The molecular weight excluding hydrogens is 298 g/mol. The number of amides is 1. The first-order valence-electron chi connectivity index (χ1n) is 8.19. The van der Waals surface area contributed by atoms with E-state index in [1.165, 1.54) is 0 Å². The Balaban J connectivity index is 1.97. The Morgan fingerprint density at radius 3 is 2.42 bits per heavy atom. The van der Waals surface area contributed by atoms with Crippen molar-refractivity contribution in [1.82, 2.24) is 4.90 Å². The Labute approximate surface area is 143 Å². The quantitative estimate of drug-likeness (QED) is 0.841. The SMILES string of the molecule is CCN(Cc1ccc(C(=O)Nc2ccccc2)cc1)CC(C)C#N. The van der Waals surface area contributed by atoms with Crippen LogP contribution in [0.25, 0.3) is 0 Å². The number of anilines is 1. The third kappa shape index (κ3) is 5.22. The van der Waals surface area contributed by atoms with Crippen molar-refractivity contribution in [2.45, 2.75) is 20.4 Å². The molecule has 0 radical (unpaired) electrons. The van der Waals surface area contributed by atoms with Crippen molar-refractivity contribution in [3.63, 3.8) is 0 Å². The number of rotatable bonds is 7. The lowest BCUT2D eigenvalue weighted by atomic mass is 10.1. The second kappa shape index (κ2) is 8.85. The largest absolute Gasteiger partial charge is 0.322 e. The summed E-state index contributed by atoms with van der Waals surface area (Å²) in [5.41, 5.74) is 2.56. The van der Waals surface area contributed by atoms with Crippen LogP contribution in [-0.4, -0.2) is 23.9 Å². The molecule has 0 bridgehead atoms. The zero-order chi connectivity index (χ0) is 17.4. The molecule has 2 rings (SSSR count). The molecule has 0 saturated heterocycles. The van der Waals surface area contributed by atoms with Crippen molar-refractivity contribution in [2.75, 3.05) is 18.4 Å². The smallest absolute Gasteiger partial charge is 0.255 e. The van der Waals surface area contributed by atoms with E-state index in [4.69, 9.17) is 5.26 Å². The molecule has 2 aromatic rings. The zero-order valence-electron chi connectivity index (χ0n) is 14.2. The van der Waals surface area contributed by atoms with Crippen LogP contribution in [0.2, 0.25) is 0 Å². The third-order valence-corrected chi connectivity index (χ3v) is 3.85. The Kier molecular flexibility index (Phi) is 6.53. The van der Waals surface area contributed by atoms with Gasteiger partial charge in [0.15, 0.2) is 0 Å². The van der Waals surface area contributed by atoms with Crippen LogP contribution in [0.3, 0.4) is 0 Å². The van der Waals surface area contributed by atoms with E-state index in [0.717, 1.165) is 30.9 Å². The van der Waals surface area contributed by atoms with Gasteiger partial charge in [-0.05, 0) is 43.3 Å². The van der Waals surface area contributed by atoms with Crippen LogP contribution in [0.5, 0.6) is 0 Å². The first-order chi connectivity index (χ1) is 11.6. The minimum atomic E-state index is -0.113. The van der Waals surface area contributed by atoms with Gasteiger partial charge in [0.2, 0.25) is 0 Å². The second-order valence-electron chi connectivity index (χ2n) is 5.87. The summed E-state index contributed by atoms with van der Waals surface area (Å²) in [5.74, 6) is -0.0981. The third-order valence-electron chi connectivity index (χ3n) is 3.85. The van der Waals surface area contributed by atoms with E-state index in [1.54, 1.807) is 0 Å². The van der Waals surface area contributed by atoms with Crippen molar-refractivity contribution in [1.29, 1.82) is 5.26 Å². The molecular formula is C20H23N3O. The predicted octanol–water partition coefficient (Wildman–Crippen LogP) is 3.92. The van der Waals surface area contributed by atoms with Crippen LogP contribution in [-0.2, 0) is 6.54 Å². The van der Waals surface area contributed by atoms with Gasteiger partial charge in [0.05, 0.1) is 12.0 Å². The van der Waals surface area contributed by atoms with Crippen LogP contribution in [0.1, 0.15) is 29.8 Å². The fourth-order valence-electron chi connectivity index (χ4n) is 2.48. The summed E-state index contributed by atoms with van der Waals surface area (Å²) in [6.45, 7) is 6.44. The monoisotopic (exact) mass is 321 g/mol. The van der Waals surface area contributed by atoms with Crippen LogP contribution in [0, 0.1) is 17.2 Å². The molecule has 0 aromatic heterocycles. The number of nitrogens with one attached hydrogen (secondary N) is 1. The first-order valence-corrected chi connectivity index (χ1v) is 8.19. The molecule has 1 unspecified atom stereocenters. The number of benzene rings is 2. The maximum absolute atomic E-state index is 12.2. The van der Waals surface area contributed by atoms with Crippen molar-refractivity contribution in [2.24, 2.45) is 5.92 Å². The molecule has 0 spiro atoms. The number of hydrogen-bond donors (Lipinski definition) is 1. The lowest BCUT2D eigenvalue weighted by Gasteiger charge is -2.21. The topological polar surface area (TPSA) is 56.1 Å². The van der Waals surface area contributed by atoms with Gasteiger partial charge >= 0.3 is 0 Å². The Hall–Kier alpha value is -2.64. The van der Waals surface area contributed by atoms with Gasteiger partial charge in [-0.2, -0.15) is 5.26 Å². The van der Waals surface area contributed by atoms with Crippen LogP contribution in [0.4, 0.5) is 5.69 Å². The average Bonchev–Trinajstić information content (AvgIpc) is 2.62. The minimum absolute atomic E-state index is 0.0147. The Morgan fingerprint density at radius 2 is 1.83 bits per heavy atom. The molecule has 0 aliphatic rings. The van der Waals surface area contributed by atoms with Gasteiger partial charge in [-0.25, -0.2) is 0 Å². The molecule has 0 aliphatic heterocycles. The number of carbonyl (C=O) groups is 1. The van der Waals surface area contributed by atoms with Crippen molar-refractivity contribution in [3.8, 4) is 6.07 Å². The molecule has 124 valence electrons. The van der Waals surface area contributed by atoms with Crippen molar-refractivity contribution in [3.05, 3.63) is 65.7 Å². The lowest BCUT2D eigenvalue weighted by Crippen LogP contribution is -2.27. The number of hydrogen-bond acceptors (Lipinski definition) is 3. The molecule has 0 aliphatic carbocycles. The molecule has 2 aromatic carbocycles. The van der Waals surface area contributed by atoms with Crippen molar-refractivity contribution < 1.29 is 4.79 Å². The van der Waals surface area contributed by atoms with Gasteiger partial charge in [-0.3, -0.25) is 9.69 Å². The summed E-state index contributed by atoms with van der Waals surface area (Å²) in [4.78, 5) is 14.5. The van der Waals surface area contributed by atoms with Gasteiger partial charge in [-0.1, -0.05) is 37.3 Å². The summed E-state index contributed by atoms with van der Waals surface area (Å²) in [7, 11) is 0. The van der Waals surface area contributed by atoms with E-state index in [-0.39, 0.29) is 11.8 Å². The molecule has 0 heterocycles. The highest BCUT2D eigenvalue weighted by Gasteiger charge is 2.10. The predicted molar refractivity (Wildman–Crippen MR) is 96.6 cm³/mol. The Morgan fingerprint density at radius 1 is 1.17 bits per heavy atom. The van der Waals surface area contributed by atoms with Gasteiger partial charge in [0.25, 0.3) is 5.91 Å². The van der Waals surface area contributed by atoms with Crippen LogP contribution in [0.15, 0.2) is 54.6 Å². The zero-order valence-corrected chi connectivity index (χ0v) is 14.2. The highest BCUT2D eigenvalue weighted by Crippen LogP contribution is 2.12. The molecule has 1 amide bonds. The molecule has 4 nitrogen and oxygen atoms in total. The summed E-state index contributed by atoms with van der Waals surface area (Å²) < 4.78 is 0. The van der Waals surface area contributed by atoms with E-state index in [9.17, 15) is 4.79 Å². The van der Waals surface area contributed by atoms with E-state index >= 15 is 0 Å². The fraction of sp³-hybridized carbons (Fsp3) is 0.300. The van der Waals surface area contributed by atoms with E-state index in [0.29, 0.717) is 5.56 Å². The highest BCUT2D eigenvalue weighted by atomic mass is 16.1. The van der Waals surface area contributed by atoms with Crippen LogP contribution >= 0.6 is 0 Å². The van der Waals surface area contributed by atoms with E-state index in [2.05, 4.69) is 23.2 Å². The summed E-state index contributed by atoms with van der Waals surface area (Å²) in [6.07, 6.45) is 0. The van der Waals surface area contributed by atoms with E-state index < -0.39 is 0 Å². The molecule has 4 heteroatoms. The molecule has 0 saturated carbocycles. The normalized spacial score (nSPS) is 11.8.